The molecule has 13 heavy (non-hydrogen) atoms. The Balaban J connectivity index is 4.35. The van der Waals surface area contributed by atoms with Gasteiger partial charge in [0.15, 0.2) is 0 Å². The molecule has 76 valence electrons. The Morgan fingerprint density at radius 2 is 1.92 bits per heavy atom. The number of rotatable bonds is 5. The standard InChI is InChI=1S/C10H20O2Si/c1-7-11-10(8-9(2)3)12-13(4,5)6/h8H,2,7H2,1,3-6H3. The Bertz CT molecular complexity index is 201. The molecule has 0 aromatic rings. The van der Waals surface area contributed by atoms with Gasteiger partial charge in [0.2, 0.25) is 8.32 Å². The molecule has 0 fully saturated rings. The summed E-state index contributed by atoms with van der Waals surface area (Å²) in [4.78, 5) is 0. The van der Waals surface area contributed by atoms with Gasteiger partial charge in [-0.3, -0.25) is 0 Å². The van der Waals surface area contributed by atoms with Crippen LogP contribution in [0.4, 0.5) is 0 Å². The lowest BCUT2D eigenvalue weighted by molar-refractivity contribution is 0.112. The number of allylic oxidation sites excluding steroid dienone is 2. The van der Waals surface area contributed by atoms with E-state index in [1.807, 2.05) is 19.9 Å². The maximum atomic E-state index is 5.71. The van der Waals surface area contributed by atoms with Crippen molar-refractivity contribution in [2.24, 2.45) is 0 Å². The van der Waals surface area contributed by atoms with E-state index in [-0.39, 0.29) is 0 Å². The summed E-state index contributed by atoms with van der Waals surface area (Å²) in [6.45, 7) is 14.7. The van der Waals surface area contributed by atoms with Crippen LogP contribution in [0.25, 0.3) is 0 Å². The first-order valence-electron chi connectivity index (χ1n) is 4.54. The molecule has 0 heterocycles. The molecule has 0 rings (SSSR count). The van der Waals surface area contributed by atoms with Gasteiger partial charge in [-0.2, -0.15) is 0 Å². The second kappa shape index (κ2) is 5.12. The fourth-order valence-corrected chi connectivity index (χ4v) is 1.47. The summed E-state index contributed by atoms with van der Waals surface area (Å²) < 4.78 is 11.0. The maximum Gasteiger partial charge on any atom is 0.265 e. The lowest BCUT2D eigenvalue weighted by atomic mass is 10.3. The van der Waals surface area contributed by atoms with E-state index in [1.165, 1.54) is 0 Å². The maximum absolute atomic E-state index is 5.71. The molecule has 0 aromatic carbocycles. The third-order valence-electron chi connectivity index (χ3n) is 1.06. The van der Waals surface area contributed by atoms with E-state index < -0.39 is 8.32 Å². The van der Waals surface area contributed by atoms with Crippen molar-refractivity contribution in [3.05, 3.63) is 24.2 Å². The number of hydrogen-bond acceptors (Lipinski definition) is 2. The molecule has 0 saturated carbocycles. The normalized spacial score (nSPS) is 12.5. The molecule has 3 heteroatoms. The van der Waals surface area contributed by atoms with E-state index in [0.717, 1.165) is 5.57 Å². The van der Waals surface area contributed by atoms with Gasteiger partial charge in [0.25, 0.3) is 5.95 Å². The highest BCUT2D eigenvalue weighted by Gasteiger charge is 2.18. The van der Waals surface area contributed by atoms with E-state index in [0.29, 0.717) is 12.6 Å². The fourth-order valence-electron chi connectivity index (χ4n) is 0.746. The van der Waals surface area contributed by atoms with Crippen molar-refractivity contribution in [1.29, 1.82) is 0 Å². The van der Waals surface area contributed by atoms with Crippen LogP contribution in [0.5, 0.6) is 0 Å². The van der Waals surface area contributed by atoms with Gasteiger partial charge in [-0.1, -0.05) is 12.2 Å². The summed E-state index contributed by atoms with van der Waals surface area (Å²) in [6.07, 6.45) is 1.84. The summed E-state index contributed by atoms with van der Waals surface area (Å²) in [5.41, 5.74) is 0.946. The van der Waals surface area contributed by atoms with Crippen molar-refractivity contribution < 1.29 is 9.16 Å². The molecule has 0 spiro atoms. The highest BCUT2D eigenvalue weighted by atomic mass is 28.4. The summed E-state index contributed by atoms with van der Waals surface area (Å²) in [5, 5.41) is 0. The van der Waals surface area contributed by atoms with Crippen LogP contribution in [0.1, 0.15) is 13.8 Å². The van der Waals surface area contributed by atoms with E-state index >= 15 is 0 Å². The molecule has 0 radical (unpaired) electrons. The minimum absolute atomic E-state index is 0.606. The minimum Gasteiger partial charge on any atom is -0.520 e. The molecule has 0 aliphatic rings. The molecular formula is C10H20O2Si. The zero-order chi connectivity index (χ0) is 10.5. The van der Waals surface area contributed by atoms with Gasteiger partial charge >= 0.3 is 0 Å². The second-order valence-electron chi connectivity index (χ2n) is 3.96. The lowest BCUT2D eigenvalue weighted by Crippen LogP contribution is -2.25. The molecule has 0 bridgehead atoms. The Morgan fingerprint density at radius 1 is 1.38 bits per heavy atom. The van der Waals surface area contributed by atoms with Crippen LogP contribution in [0.3, 0.4) is 0 Å². The van der Waals surface area contributed by atoms with Crippen molar-refractivity contribution in [3.63, 3.8) is 0 Å². The van der Waals surface area contributed by atoms with Gasteiger partial charge in [0.1, 0.15) is 0 Å². The van der Waals surface area contributed by atoms with Crippen molar-refractivity contribution in [2.45, 2.75) is 33.5 Å². The largest absolute Gasteiger partial charge is 0.520 e. The number of ether oxygens (including phenoxy) is 1. The third kappa shape index (κ3) is 7.65. The van der Waals surface area contributed by atoms with Crippen LogP contribution in [0.2, 0.25) is 19.6 Å². The first-order valence-corrected chi connectivity index (χ1v) is 7.95. The average Bonchev–Trinajstić information content (AvgIpc) is 1.81. The van der Waals surface area contributed by atoms with Crippen LogP contribution < -0.4 is 0 Å². The van der Waals surface area contributed by atoms with Crippen LogP contribution in [0, 0.1) is 0 Å². The van der Waals surface area contributed by atoms with Crippen molar-refractivity contribution in [1.82, 2.24) is 0 Å². The molecular weight excluding hydrogens is 180 g/mol. The molecule has 0 saturated heterocycles. The Morgan fingerprint density at radius 3 is 2.23 bits per heavy atom. The Hall–Kier alpha value is -0.703. The summed E-state index contributed by atoms with van der Waals surface area (Å²) in [6, 6.07) is 0. The SMILES string of the molecule is C=C(C)C=C(OCC)O[Si](C)(C)C. The van der Waals surface area contributed by atoms with Gasteiger partial charge in [0.05, 0.1) is 6.61 Å². The zero-order valence-corrected chi connectivity index (χ0v) is 10.3. The zero-order valence-electron chi connectivity index (χ0n) is 9.31. The van der Waals surface area contributed by atoms with Crippen molar-refractivity contribution >= 4 is 8.32 Å². The smallest absolute Gasteiger partial charge is 0.265 e. The molecule has 2 nitrogen and oxygen atoms in total. The minimum atomic E-state index is -1.56. The number of hydrogen-bond donors (Lipinski definition) is 0. The predicted octanol–water partition coefficient (Wildman–Crippen LogP) is 3.29. The summed E-state index contributed by atoms with van der Waals surface area (Å²) in [7, 11) is -1.56. The van der Waals surface area contributed by atoms with Crippen molar-refractivity contribution in [3.8, 4) is 0 Å². The first kappa shape index (κ1) is 12.3. The van der Waals surface area contributed by atoms with Gasteiger partial charge in [-0.15, -0.1) is 0 Å². The van der Waals surface area contributed by atoms with Gasteiger partial charge in [0, 0.05) is 6.08 Å². The molecule has 0 aromatic heterocycles. The Labute approximate surface area is 82.4 Å². The molecule has 0 aliphatic carbocycles. The Kier molecular flexibility index (Phi) is 4.84. The summed E-state index contributed by atoms with van der Waals surface area (Å²) >= 11 is 0. The monoisotopic (exact) mass is 200 g/mol. The summed E-state index contributed by atoms with van der Waals surface area (Å²) in [5.74, 6) is 0.606. The lowest BCUT2D eigenvalue weighted by Gasteiger charge is -2.21. The van der Waals surface area contributed by atoms with E-state index in [9.17, 15) is 0 Å². The van der Waals surface area contributed by atoms with Gasteiger partial charge < -0.3 is 9.16 Å². The highest BCUT2D eigenvalue weighted by molar-refractivity contribution is 6.69. The van der Waals surface area contributed by atoms with Crippen LogP contribution in [-0.4, -0.2) is 14.9 Å². The molecule has 0 atom stereocenters. The van der Waals surface area contributed by atoms with Gasteiger partial charge in [-0.25, -0.2) is 0 Å². The van der Waals surface area contributed by atoms with Crippen LogP contribution in [-0.2, 0) is 9.16 Å². The first-order chi connectivity index (χ1) is 5.85. The highest BCUT2D eigenvalue weighted by Crippen LogP contribution is 2.12. The molecule has 0 N–H and O–H groups in total. The predicted molar refractivity (Wildman–Crippen MR) is 59.0 cm³/mol. The van der Waals surface area contributed by atoms with E-state index in [1.54, 1.807) is 0 Å². The van der Waals surface area contributed by atoms with Crippen LogP contribution in [0.15, 0.2) is 24.2 Å². The molecule has 0 amide bonds. The third-order valence-corrected chi connectivity index (χ3v) is 1.87. The molecule has 0 aliphatic heterocycles. The fraction of sp³-hybridized carbons (Fsp3) is 0.600. The average molecular weight is 200 g/mol. The molecule has 0 unspecified atom stereocenters. The quantitative estimate of drug-likeness (QED) is 0.385. The van der Waals surface area contributed by atoms with E-state index in [4.69, 9.17) is 9.16 Å². The van der Waals surface area contributed by atoms with E-state index in [2.05, 4.69) is 26.2 Å². The second-order valence-corrected chi connectivity index (χ2v) is 8.39. The van der Waals surface area contributed by atoms with Crippen LogP contribution >= 0.6 is 0 Å². The topological polar surface area (TPSA) is 18.5 Å². The van der Waals surface area contributed by atoms with Gasteiger partial charge in [-0.05, 0) is 33.5 Å². The van der Waals surface area contributed by atoms with Crippen molar-refractivity contribution in [2.75, 3.05) is 6.61 Å².